The van der Waals surface area contributed by atoms with Gasteiger partial charge in [0, 0.05) is 18.3 Å². The van der Waals surface area contributed by atoms with Crippen molar-refractivity contribution in [2.45, 2.75) is 25.7 Å². The molecular weight excluding hydrogens is 272 g/mol. The molecule has 1 aromatic carbocycles. The Bertz CT molecular complexity index is 551. The number of aliphatic carboxylic acids is 1. The third-order valence-corrected chi connectivity index (χ3v) is 4.07. The zero-order chi connectivity index (χ0) is 15.5. The van der Waals surface area contributed by atoms with Crippen LogP contribution in [0.25, 0.3) is 0 Å². The number of carboxylic acid groups (broad SMARTS) is 1. The number of anilines is 1. The largest absolute Gasteiger partial charge is 0.496 e. The fourth-order valence-corrected chi connectivity index (χ4v) is 2.76. The summed E-state index contributed by atoms with van der Waals surface area (Å²) in [5.74, 6) is -0.813. The number of nitrogens with one attached hydrogen (secondary N) is 1. The lowest BCUT2D eigenvalue weighted by Crippen LogP contribution is -2.41. The zero-order valence-corrected chi connectivity index (χ0v) is 12.0. The molecule has 21 heavy (non-hydrogen) atoms. The van der Waals surface area contributed by atoms with Crippen LogP contribution in [0.4, 0.5) is 5.69 Å². The first-order valence-electron chi connectivity index (χ1n) is 6.94. The minimum atomic E-state index is -0.843. The van der Waals surface area contributed by atoms with E-state index in [4.69, 9.17) is 10.5 Å². The van der Waals surface area contributed by atoms with Gasteiger partial charge in [0.25, 0.3) is 5.91 Å². The molecule has 0 spiro atoms. The molecule has 6 nitrogen and oxygen atoms in total. The number of hydrogen-bond acceptors (Lipinski definition) is 4. The van der Waals surface area contributed by atoms with Crippen molar-refractivity contribution in [1.82, 2.24) is 5.32 Å². The maximum absolute atomic E-state index is 12.2. The van der Waals surface area contributed by atoms with E-state index in [-0.39, 0.29) is 12.5 Å². The Kier molecular flexibility index (Phi) is 4.35. The summed E-state index contributed by atoms with van der Waals surface area (Å²) in [5, 5.41) is 12.1. The van der Waals surface area contributed by atoms with Crippen LogP contribution >= 0.6 is 0 Å². The molecule has 0 radical (unpaired) electrons. The Morgan fingerprint density at radius 3 is 2.62 bits per heavy atom. The molecule has 0 atom stereocenters. The minimum absolute atomic E-state index is 0.134. The average Bonchev–Trinajstić information content (AvgIpc) is 2.94. The van der Waals surface area contributed by atoms with Crippen LogP contribution < -0.4 is 15.8 Å². The van der Waals surface area contributed by atoms with Crippen LogP contribution in [0.2, 0.25) is 0 Å². The Morgan fingerprint density at radius 2 is 2.05 bits per heavy atom. The van der Waals surface area contributed by atoms with Crippen LogP contribution in [0.1, 0.15) is 36.0 Å². The van der Waals surface area contributed by atoms with Gasteiger partial charge >= 0.3 is 5.97 Å². The van der Waals surface area contributed by atoms with Crippen molar-refractivity contribution in [3.05, 3.63) is 23.8 Å². The Morgan fingerprint density at radius 1 is 1.38 bits per heavy atom. The zero-order valence-electron chi connectivity index (χ0n) is 12.0. The van der Waals surface area contributed by atoms with Gasteiger partial charge in [0.1, 0.15) is 5.75 Å². The summed E-state index contributed by atoms with van der Waals surface area (Å²) in [7, 11) is 1.46. The second-order valence-corrected chi connectivity index (χ2v) is 5.43. The van der Waals surface area contributed by atoms with E-state index in [2.05, 4.69) is 5.32 Å². The predicted octanol–water partition coefficient (Wildman–Crippen LogP) is 1.65. The van der Waals surface area contributed by atoms with Gasteiger partial charge in [0.2, 0.25) is 0 Å². The molecule has 0 aliphatic heterocycles. The number of benzene rings is 1. The lowest BCUT2D eigenvalue weighted by atomic mass is 9.86. The van der Waals surface area contributed by atoms with Crippen molar-refractivity contribution in [3.63, 3.8) is 0 Å². The normalized spacial score (nSPS) is 16.4. The van der Waals surface area contributed by atoms with Crippen LogP contribution in [-0.2, 0) is 4.79 Å². The standard InChI is InChI=1S/C15H20N2O4/c1-21-12-8-10(16)4-5-11(12)13(18)17-9-15(14(19)20)6-2-3-7-15/h4-5,8H,2-3,6-7,9,16H2,1H3,(H,17,18)(H,19,20). The molecule has 1 amide bonds. The number of methoxy groups -OCH3 is 1. The third-order valence-electron chi connectivity index (χ3n) is 4.07. The van der Waals surface area contributed by atoms with Crippen LogP contribution in [0.3, 0.4) is 0 Å². The molecule has 4 N–H and O–H groups in total. The average molecular weight is 292 g/mol. The molecule has 6 heteroatoms. The Balaban J connectivity index is 2.10. The lowest BCUT2D eigenvalue weighted by molar-refractivity contribution is -0.148. The van der Waals surface area contributed by atoms with Crippen LogP contribution in [0.15, 0.2) is 18.2 Å². The molecule has 0 saturated heterocycles. The number of carboxylic acids is 1. The smallest absolute Gasteiger partial charge is 0.311 e. The van der Waals surface area contributed by atoms with Crippen LogP contribution in [0.5, 0.6) is 5.75 Å². The maximum atomic E-state index is 12.2. The van der Waals surface area contributed by atoms with Gasteiger partial charge in [-0.1, -0.05) is 12.8 Å². The Labute approximate surface area is 123 Å². The summed E-state index contributed by atoms with van der Waals surface area (Å²) in [6.07, 6.45) is 2.96. The highest BCUT2D eigenvalue weighted by molar-refractivity contribution is 5.97. The number of nitrogens with two attached hydrogens (primary N) is 1. The van der Waals surface area contributed by atoms with Gasteiger partial charge in [-0.3, -0.25) is 9.59 Å². The predicted molar refractivity (Wildman–Crippen MR) is 78.3 cm³/mol. The lowest BCUT2D eigenvalue weighted by Gasteiger charge is -2.24. The second kappa shape index (κ2) is 6.03. The quantitative estimate of drug-likeness (QED) is 0.716. The monoisotopic (exact) mass is 292 g/mol. The molecular formula is C15H20N2O4. The van der Waals surface area contributed by atoms with E-state index in [0.29, 0.717) is 29.8 Å². The van der Waals surface area contributed by atoms with Gasteiger partial charge in [0.05, 0.1) is 18.1 Å². The maximum Gasteiger partial charge on any atom is 0.311 e. The van der Waals surface area contributed by atoms with Gasteiger partial charge in [-0.05, 0) is 25.0 Å². The summed E-state index contributed by atoms with van der Waals surface area (Å²) in [4.78, 5) is 23.7. The van der Waals surface area contributed by atoms with Crippen molar-refractivity contribution < 1.29 is 19.4 Å². The summed E-state index contributed by atoms with van der Waals surface area (Å²) in [6, 6.07) is 4.75. The summed E-state index contributed by atoms with van der Waals surface area (Å²) in [6.45, 7) is 0.134. The first-order chi connectivity index (χ1) is 9.98. The highest BCUT2D eigenvalue weighted by Crippen LogP contribution is 2.37. The molecule has 1 aliphatic rings. The van der Waals surface area contributed by atoms with Crippen molar-refractivity contribution in [2.75, 3.05) is 19.4 Å². The van der Waals surface area contributed by atoms with E-state index < -0.39 is 11.4 Å². The number of carbonyl (C=O) groups is 2. The van der Waals surface area contributed by atoms with E-state index in [0.717, 1.165) is 12.8 Å². The van der Waals surface area contributed by atoms with Crippen LogP contribution in [-0.4, -0.2) is 30.6 Å². The van der Waals surface area contributed by atoms with Crippen LogP contribution in [0, 0.1) is 5.41 Å². The summed E-state index contributed by atoms with van der Waals surface area (Å²) < 4.78 is 5.13. The molecule has 0 unspecified atom stereocenters. The fraction of sp³-hybridized carbons (Fsp3) is 0.467. The molecule has 1 saturated carbocycles. The highest BCUT2D eigenvalue weighted by Gasteiger charge is 2.41. The number of ether oxygens (including phenoxy) is 1. The number of rotatable bonds is 5. The van der Waals surface area contributed by atoms with Gasteiger partial charge in [-0.25, -0.2) is 0 Å². The number of amides is 1. The minimum Gasteiger partial charge on any atom is -0.496 e. The molecule has 1 aliphatic carbocycles. The van der Waals surface area contributed by atoms with Gasteiger partial charge in [-0.15, -0.1) is 0 Å². The fourth-order valence-electron chi connectivity index (χ4n) is 2.76. The van der Waals surface area contributed by atoms with Crippen molar-refractivity contribution in [2.24, 2.45) is 5.41 Å². The van der Waals surface area contributed by atoms with Gasteiger partial charge < -0.3 is 20.9 Å². The van der Waals surface area contributed by atoms with E-state index in [1.807, 2.05) is 0 Å². The topological polar surface area (TPSA) is 102 Å². The molecule has 0 aromatic heterocycles. The first-order valence-corrected chi connectivity index (χ1v) is 6.94. The molecule has 0 heterocycles. The first kappa shape index (κ1) is 15.2. The molecule has 1 fully saturated rings. The van der Waals surface area contributed by atoms with Crippen molar-refractivity contribution in [3.8, 4) is 5.75 Å². The third kappa shape index (κ3) is 3.09. The van der Waals surface area contributed by atoms with Crippen molar-refractivity contribution >= 4 is 17.6 Å². The summed E-state index contributed by atoms with van der Waals surface area (Å²) in [5.41, 5.74) is 5.66. The Hall–Kier alpha value is -2.24. The highest BCUT2D eigenvalue weighted by atomic mass is 16.5. The van der Waals surface area contributed by atoms with Gasteiger partial charge in [-0.2, -0.15) is 0 Å². The molecule has 114 valence electrons. The van der Waals surface area contributed by atoms with Crippen molar-refractivity contribution in [1.29, 1.82) is 0 Å². The molecule has 0 bridgehead atoms. The second-order valence-electron chi connectivity index (χ2n) is 5.43. The SMILES string of the molecule is COc1cc(N)ccc1C(=O)NCC1(C(=O)O)CCCC1. The van der Waals surface area contributed by atoms with E-state index in [1.165, 1.54) is 7.11 Å². The van der Waals surface area contributed by atoms with Gasteiger partial charge in [0.15, 0.2) is 0 Å². The van der Waals surface area contributed by atoms with E-state index in [9.17, 15) is 14.7 Å². The molecule has 2 rings (SSSR count). The number of hydrogen-bond donors (Lipinski definition) is 3. The number of carbonyl (C=O) groups excluding carboxylic acids is 1. The number of nitrogen functional groups attached to an aromatic ring is 1. The van der Waals surface area contributed by atoms with E-state index in [1.54, 1.807) is 18.2 Å². The summed E-state index contributed by atoms with van der Waals surface area (Å²) >= 11 is 0. The van der Waals surface area contributed by atoms with E-state index >= 15 is 0 Å². The molecule has 1 aromatic rings.